The number of amidine groups is 1. The number of nitrogens with zero attached hydrogens (tertiary/aromatic N) is 2. The number of methoxy groups -OCH3 is 1. The van der Waals surface area contributed by atoms with Crippen LogP contribution in [-0.4, -0.2) is 18.9 Å². The van der Waals surface area contributed by atoms with Crippen LogP contribution in [-0.2, 0) is 0 Å². The molecule has 0 spiro atoms. The molecule has 0 aromatic heterocycles. The molecule has 0 aliphatic rings. The van der Waals surface area contributed by atoms with Crippen LogP contribution in [0.15, 0.2) is 120 Å². The largest absolute Gasteiger partial charge is 0.497 e. The molecule has 0 bridgehead atoms. The Balaban J connectivity index is 1.89. The maximum Gasteiger partial charge on any atom is 0.264 e. The van der Waals surface area contributed by atoms with Crippen LogP contribution in [0.4, 0.5) is 11.4 Å². The molecule has 0 saturated heterocycles. The first-order valence-electron chi connectivity index (χ1n) is 9.99. The van der Waals surface area contributed by atoms with Gasteiger partial charge in [0.05, 0.1) is 18.5 Å². The Hall–Kier alpha value is -4.18. The average Bonchev–Trinajstić information content (AvgIpc) is 2.85. The van der Waals surface area contributed by atoms with E-state index in [0.717, 1.165) is 22.7 Å². The van der Waals surface area contributed by atoms with Crippen molar-refractivity contribution in [2.45, 2.75) is 0 Å². The molecule has 31 heavy (non-hydrogen) atoms. The van der Waals surface area contributed by atoms with Gasteiger partial charge >= 0.3 is 0 Å². The minimum absolute atomic E-state index is 0.150. The number of benzene rings is 4. The van der Waals surface area contributed by atoms with Gasteiger partial charge in [-0.25, -0.2) is 4.99 Å². The van der Waals surface area contributed by atoms with Gasteiger partial charge in [0.25, 0.3) is 5.91 Å². The van der Waals surface area contributed by atoms with Crippen molar-refractivity contribution >= 4 is 23.1 Å². The third kappa shape index (κ3) is 4.70. The van der Waals surface area contributed by atoms with Gasteiger partial charge in [0.15, 0.2) is 0 Å². The lowest BCUT2D eigenvalue weighted by atomic mass is 10.1. The zero-order chi connectivity index (χ0) is 21.5. The van der Waals surface area contributed by atoms with Crippen molar-refractivity contribution in [3.63, 3.8) is 0 Å². The zero-order valence-corrected chi connectivity index (χ0v) is 17.2. The lowest BCUT2D eigenvalue weighted by Crippen LogP contribution is -2.37. The van der Waals surface area contributed by atoms with E-state index in [1.165, 1.54) is 0 Å². The molecular formula is C27H22N2O2. The molecule has 152 valence electrons. The summed E-state index contributed by atoms with van der Waals surface area (Å²) in [6.07, 6.45) is 0. The monoisotopic (exact) mass is 406 g/mol. The Morgan fingerprint density at radius 1 is 0.677 bits per heavy atom. The number of hydrogen-bond donors (Lipinski definition) is 0. The van der Waals surface area contributed by atoms with E-state index >= 15 is 0 Å². The molecule has 4 heteroatoms. The molecule has 0 saturated carbocycles. The summed E-state index contributed by atoms with van der Waals surface area (Å²) >= 11 is 0. The van der Waals surface area contributed by atoms with Crippen LogP contribution < -0.4 is 9.64 Å². The van der Waals surface area contributed by atoms with Gasteiger partial charge < -0.3 is 4.74 Å². The fraction of sp³-hybridized carbons (Fsp3) is 0.0370. The first kappa shape index (κ1) is 20.1. The summed E-state index contributed by atoms with van der Waals surface area (Å²) in [4.78, 5) is 20.2. The number of ether oxygens (including phenoxy) is 1. The second kappa shape index (κ2) is 9.55. The number of aliphatic imine (C=N–C) groups is 1. The molecular weight excluding hydrogens is 384 g/mol. The zero-order valence-electron chi connectivity index (χ0n) is 17.2. The summed E-state index contributed by atoms with van der Waals surface area (Å²) in [7, 11) is 1.63. The van der Waals surface area contributed by atoms with Crippen LogP contribution >= 0.6 is 0 Å². The molecule has 0 heterocycles. The molecule has 0 N–H and O–H groups in total. The normalized spacial score (nSPS) is 11.1. The average molecular weight is 406 g/mol. The third-order valence-corrected chi connectivity index (χ3v) is 4.79. The van der Waals surface area contributed by atoms with Gasteiger partial charge in [0.2, 0.25) is 0 Å². The summed E-state index contributed by atoms with van der Waals surface area (Å²) < 4.78 is 5.26. The van der Waals surface area contributed by atoms with E-state index in [-0.39, 0.29) is 5.91 Å². The fourth-order valence-corrected chi connectivity index (χ4v) is 3.23. The van der Waals surface area contributed by atoms with Gasteiger partial charge in [-0.1, -0.05) is 66.7 Å². The van der Waals surface area contributed by atoms with Crippen molar-refractivity contribution < 1.29 is 9.53 Å². The predicted molar refractivity (Wildman–Crippen MR) is 125 cm³/mol. The summed E-state index contributed by atoms with van der Waals surface area (Å²) in [5.74, 6) is 1.15. The summed E-state index contributed by atoms with van der Waals surface area (Å²) in [6.45, 7) is 0. The van der Waals surface area contributed by atoms with Gasteiger partial charge in [-0.3, -0.25) is 9.69 Å². The van der Waals surface area contributed by atoms with Gasteiger partial charge in [0.1, 0.15) is 11.6 Å². The van der Waals surface area contributed by atoms with Crippen LogP contribution in [0, 0.1) is 0 Å². The van der Waals surface area contributed by atoms with Crippen molar-refractivity contribution in [2.75, 3.05) is 12.0 Å². The lowest BCUT2D eigenvalue weighted by Gasteiger charge is -2.25. The number of hydrogen-bond acceptors (Lipinski definition) is 3. The van der Waals surface area contributed by atoms with Crippen molar-refractivity contribution in [3.8, 4) is 5.75 Å². The third-order valence-electron chi connectivity index (χ3n) is 4.79. The van der Waals surface area contributed by atoms with Crippen LogP contribution in [0.25, 0.3) is 0 Å². The van der Waals surface area contributed by atoms with Crippen LogP contribution in [0.3, 0.4) is 0 Å². The van der Waals surface area contributed by atoms with Crippen LogP contribution in [0.5, 0.6) is 5.75 Å². The molecule has 4 nitrogen and oxygen atoms in total. The highest BCUT2D eigenvalue weighted by Gasteiger charge is 2.24. The first-order chi connectivity index (χ1) is 15.3. The number of carbonyl (C=O) groups excluding carboxylic acids is 1. The Morgan fingerprint density at radius 2 is 1.19 bits per heavy atom. The van der Waals surface area contributed by atoms with E-state index in [1.54, 1.807) is 12.0 Å². The summed E-state index contributed by atoms with van der Waals surface area (Å²) in [5.41, 5.74) is 2.89. The molecule has 4 rings (SSSR count). The smallest absolute Gasteiger partial charge is 0.264 e. The maximum atomic E-state index is 13.7. The van der Waals surface area contributed by atoms with Crippen LogP contribution in [0.2, 0.25) is 0 Å². The molecule has 0 radical (unpaired) electrons. The first-order valence-corrected chi connectivity index (χ1v) is 9.99. The van der Waals surface area contributed by atoms with E-state index in [1.807, 2.05) is 115 Å². The topological polar surface area (TPSA) is 41.9 Å². The molecule has 4 aromatic carbocycles. The minimum atomic E-state index is -0.150. The number of amides is 1. The second-order valence-corrected chi connectivity index (χ2v) is 6.84. The van der Waals surface area contributed by atoms with E-state index < -0.39 is 0 Å². The van der Waals surface area contributed by atoms with Gasteiger partial charge in [-0.2, -0.15) is 0 Å². The van der Waals surface area contributed by atoms with E-state index in [4.69, 9.17) is 9.73 Å². The van der Waals surface area contributed by atoms with Gasteiger partial charge in [-0.15, -0.1) is 0 Å². The van der Waals surface area contributed by atoms with Crippen molar-refractivity contribution in [1.29, 1.82) is 0 Å². The SMILES string of the molecule is COc1ccc(N=C(c2ccccc2)N(C(=O)c2ccccc2)c2ccccc2)cc1. The van der Waals surface area contributed by atoms with Crippen molar-refractivity contribution in [2.24, 2.45) is 4.99 Å². The van der Waals surface area contributed by atoms with Gasteiger partial charge in [0, 0.05) is 11.1 Å². The van der Waals surface area contributed by atoms with Crippen molar-refractivity contribution in [1.82, 2.24) is 0 Å². The highest BCUT2D eigenvalue weighted by molar-refractivity contribution is 6.28. The predicted octanol–water partition coefficient (Wildman–Crippen LogP) is 6.12. The fourth-order valence-electron chi connectivity index (χ4n) is 3.23. The van der Waals surface area contributed by atoms with Gasteiger partial charge in [-0.05, 0) is 48.5 Å². The highest BCUT2D eigenvalue weighted by Crippen LogP contribution is 2.25. The number of carbonyl (C=O) groups is 1. The molecule has 1 amide bonds. The number of anilines is 1. The van der Waals surface area contributed by atoms with Crippen molar-refractivity contribution in [3.05, 3.63) is 126 Å². The highest BCUT2D eigenvalue weighted by atomic mass is 16.5. The quantitative estimate of drug-likeness (QED) is 0.296. The number of rotatable bonds is 5. The van der Waals surface area contributed by atoms with E-state index in [2.05, 4.69) is 0 Å². The van der Waals surface area contributed by atoms with E-state index in [0.29, 0.717) is 11.4 Å². The lowest BCUT2D eigenvalue weighted by molar-refractivity contribution is 0.100. The summed E-state index contributed by atoms with van der Waals surface area (Å²) in [5, 5.41) is 0. The Morgan fingerprint density at radius 3 is 1.74 bits per heavy atom. The second-order valence-electron chi connectivity index (χ2n) is 6.84. The molecule has 0 aliphatic carbocycles. The number of para-hydroxylation sites is 1. The molecule has 0 fully saturated rings. The molecule has 0 atom stereocenters. The summed E-state index contributed by atoms with van der Waals surface area (Å²) in [6, 6.07) is 36.0. The standard InChI is InChI=1S/C27H22N2O2/c1-31-25-19-17-23(18-20-25)28-26(21-11-5-2-6-12-21)29(24-15-9-4-10-16-24)27(30)22-13-7-3-8-14-22/h2-20H,1H3. The maximum absolute atomic E-state index is 13.7. The Kier molecular flexibility index (Phi) is 6.19. The molecule has 0 aliphatic heterocycles. The van der Waals surface area contributed by atoms with Crippen LogP contribution in [0.1, 0.15) is 15.9 Å². The molecule has 4 aromatic rings. The molecule has 0 unspecified atom stereocenters. The minimum Gasteiger partial charge on any atom is -0.497 e. The Labute approximate surface area is 182 Å². The Bertz CT molecular complexity index is 1160. The van der Waals surface area contributed by atoms with E-state index in [9.17, 15) is 4.79 Å².